The van der Waals surface area contributed by atoms with E-state index in [2.05, 4.69) is 35.9 Å². The van der Waals surface area contributed by atoms with Gasteiger partial charge in [0.25, 0.3) is 0 Å². The van der Waals surface area contributed by atoms with Crippen molar-refractivity contribution in [1.29, 1.82) is 0 Å². The van der Waals surface area contributed by atoms with Gasteiger partial charge in [0.05, 0.1) is 0 Å². The molecule has 0 radical (unpaired) electrons. The summed E-state index contributed by atoms with van der Waals surface area (Å²) in [6.45, 7) is 4.90. The zero-order chi connectivity index (χ0) is 9.97. The lowest BCUT2D eigenvalue weighted by molar-refractivity contribution is 0.224. The van der Waals surface area contributed by atoms with E-state index in [0.717, 1.165) is 17.3 Å². The zero-order valence-electron chi connectivity index (χ0n) is 9.33. The van der Waals surface area contributed by atoms with Crippen LogP contribution < -0.4 is 5.32 Å². The molecule has 2 atom stereocenters. The highest BCUT2D eigenvalue weighted by Gasteiger charge is 2.27. The van der Waals surface area contributed by atoms with Crippen molar-refractivity contribution in [2.24, 2.45) is 0 Å². The van der Waals surface area contributed by atoms with Crippen molar-refractivity contribution >= 4 is 11.8 Å². The van der Waals surface area contributed by atoms with Crippen molar-refractivity contribution < 1.29 is 0 Å². The van der Waals surface area contributed by atoms with E-state index < -0.39 is 0 Å². The van der Waals surface area contributed by atoms with Crippen molar-refractivity contribution in [2.75, 3.05) is 25.9 Å². The van der Waals surface area contributed by atoms with Gasteiger partial charge in [-0.2, -0.15) is 11.8 Å². The summed E-state index contributed by atoms with van der Waals surface area (Å²) in [5, 5.41) is 4.67. The van der Waals surface area contributed by atoms with Crippen LogP contribution in [0.15, 0.2) is 0 Å². The van der Waals surface area contributed by atoms with E-state index in [-0.39, 0.29) is 0 Å². The maximum Gasteiger partial charge on any atom is 0.0194 e. The summed E-state index contributed by atoms with van der Waals surface area (Å²) in [5.41, 5.74) is 0. The predicted octanol–water partition coefficient (Wildman–Crippen LogP) is 1.56. The Balaban J connectivity index is 1.74. The van der Waals surface area contributed by atoms with E-state index in [4.69, 9.17) is 0 Å². The SMILES string of the molecule is CC1SCCC1NC1CCN(C)CC1. The molecular weight excluding hydrogens is 192 g/mol. The molecule has 0 aromatic carbocycles. The smallest absolute Gasteiger partial charge is 0.0194 e. The van der Waals surface area contributed by atoms with E-state index in [1.165, 1.54) is 38.1 Å². The molecule has 0 spiro atoms. The van der Waals surface area contributed by atoms with Crippen LogP contribution in [0.4, 0.5) is 0 Å². The first-order chi connectivity index (χ1) is 6.75. The fraction of sp³-hybridized carbons (Fsp3) is 1.00. The van der Waals surface area contributed by atoms with Gasteiger partial charge < -0.3 is 10.2 Å². The number of nitrogens with one attached hydrogen (secondary N) is 1. The first-order valence-corrected chi connectivity index (χ1v) is 6.87. The third-order valence-corrected chi connectivity index (χ3v) is 4.87. The maximum absolute atomic E-state index is 3.84. The average molecular weight is 214 g/mol. The van der Waals surface area contributed by atoms with Gasteiger partial charge in [-0.05, 0) is 45.2 Å². The molecular formula is C11H22N2S. The van der Waals surface area contributed by atoms with Crippen molar-refractivity contribution in [3.8, 4) is 0 Å². The Morgan fingerprint density at radius 2 is 1.93 bits per heavy atom. The number of likely N-dealkylation sites (tertiary alicyclic amines) is 1. The predicted molar refractivity (Wildman–Crippen MR) is 64.0 cm³/mol. The van der Waals surface area contributed by atoms with Gasteiger partial charge >= 0.3 is 0 Å². The fourth-order valence-corrected chi connectivity index (χ4v) is 3.64. The van der Waals surface area contributed by atoms with Crippen molar-refractivity contribution in [3.63, 3.8) is 0 Å². The molecule has 2 nitrogen and oxygen atoms in total. The lowest BCUT2D eigenvalue weighted by Crippen LogP contribution is -2.46. The summed E-state index contributed by atoms with van der Waals surface area (Å²) in [5.74, 6) is 1.35. The van der Waals surface area contributed by atoms with Crippen LogP contribution in [0.5, 0.6) is 0 Å². The quantitative estimate of drug-likeness (QED) is 0.751. The third-order valence-electron chi connectivity index (χ3n) is 3.54. The second-order valence-electron chi connectivity index (χ2n) is 4.72. The highest BCUT2D eigenvalue weighted by Crippen LogP contribution is 2.27. The molecule has 0 aliphatic carbocycles. The average Bonchev–Trinajstić information content (AvgIpc) is 2.56. The van der Waals surface area contributed by atoms with Gasteiger partial charge in [-0.15, -0.1) is 0 Å². The molecule has 0 saturated carbocycles. The Bertz CT molecular complexity index is 178. The van der Waals surface area contributed by atoms with E-state index in [9.17, 15) is 0 Å². The van der Waals surface area contributed by atoms with Gasteiger partial charge in [-0.1, -0.05) is 6.92 Å². The van der Waals surface area contributed by atoms with Crippen LogP contribution in [0.1, 0.15) is 26.2 Å². The van der Waals surface area contributed by atoms with E-state index in [1.807, 2.05) is 0 Å². The molecule has 0 aromatic rings. The Morgan fingerprint density at radius 1 is 1.21 bits per heavy atom. The summed E-state index contributed by atoms with van der Waals surface area (Å²) in [4.78, 5) is 2.44. The van der Waals surface area contributed by atoms with E-state index >= 15 is 0 Å². The maximum atomic E-state index is 3.84. The lowest BCUT2D eigenvalue weighted by atomic mass is 10.0. The van der Waals surface area contributed by atoms with E-state index in [1.54, 1.807) is 0 Å². The van der Waals surface area contributed by atoms with Gasteiger partial charge in [0, 0.05) is 17.3 Å². The standard InChI is InChI=1S/C11H22N2S/c1-9-11(5-8-14-9)12-10-3-6-13(2)7-4-10/h9-12H,3-8H2,1-2H3. The summed E-state index contributed by atoms with van der Waals surface area (Å²) >= 11 is 2.12. The zero-order valence-corrected chi connectivity index (χ0v) is 10.1. The molecule has 2 rings (SSSR count). The van der Waals surface area contributed by atoms with Crippen LogP contribution in [-0.4, -0.2) is 48.1 Å². The van der Waals surface area contributed by atoms with Crippen LogP contribution in [0, 0.1) is 0 Å². The molecule has 0 amide bonds. The van der Waals surface area contributed by atoms with Crippen molar-refractivity contribution in [2.45, 2.75) is 43.5 Å². The minimum absolute atomic E-state index is 0.786. The second-order valence-corrected chi connectivity index (χ2v) is 6.20. The second kappa shape index (κ2) is 4.86. The Labute approximate surface area is 91.8 Å². The molecule has 2 heterocycles. The molecule has 2 saturated heterocycles. The minimum Gasteiger partial charge on any atom is -0.310 e. The molecule has 3 heteroatoms. The van der Waals surface area contributed by atoms with Gasteiger partial charge in [-0.3, -0.25) is 0 Å². The number of piperidine rings is 1. The highest BCUT2D eigenvalue weighted by molar-refractivity contribution is 8.00. The molecule has 82 valence electrons. The van der Waals surface area contributed by atoms with E-state index in [0.29, 0.717) is 0 Å². The normalized spacial score (nSPS) is 36.4. The molecule has 2 aliphatic heterocycles. The Kier molecular flexibility index (Phi) is 3.74. The highest BCUT2D eigenvalue weighted by atomic mass is 32.2. The minimum atomic E-state index is 0.786. The molecule has 2 fully saturated rings. The largest absolute Gasteiger partial charge is 0.310 e. The van der Waals surface area contributed by atoms with Gasteiger partial charge in [0.2, 0.25) is 0 Å². The summed E-state index contributed by atoms with van der Waals surface area (Å²) in [6, 6.07) is 1.57. The monoisotopic (exact) mass is 214 g/mol. The summed E-state index contributed by atoms with van der Waals surface area (Å²) in [6.07, 6.45) is 4.05. The summed E-state index contributed by atoms with van der Waals surface area (Å²) < 4.78 is 0. The van der Waals surface area contributed by atoms with Gasteiger partial charge in [0.1, 0.15) is 0 Å². The van der Waals surface area contributed by atoms with Gasteiger partial charge in [0.15, 0.2) is 0 Å². The fourth-order valence-electron chi connectivity index (χ4n) is 2.43. The van der Waals surface area contributed by atoms with Crippen molar-refractivity contribution in [3.05, 3.63) is 0 Å². The van der Waals surface area contributed by atoms with Crippen LogP contribution in [0.2, 0.25) is 0 Å². The Hall–Kier alpha value is 0.270. The molecule has 2 unspecified atom stereocenters. The number of thioether (sulfide) groups is 1. The summed E-state index contributed by atoms with van der Waals surface area (Å²) in [7, 11) is 2.23. The first-order valence-electron chi connectivity index (χ1n) is 5.82. The molecule has 0 aromatic heterocycles. The molecule has 1 N–H and O–H groups in total. The van der Waals surface area contributed by atoms with Crippen LogP contribution in [0.3, 0.4) is 0 Å². The van der Waals surface area contributed by atoms with Gasteiger partial charge in [-0.25, -0.2) is 0 Å². The van der Waals surface area contributed by atoms with Crippen LogP contribution in [0.25, 0.3) is 0 Å². The number of rotatable bonds is 2. The number of hydrogen-bond acceptors (Lipinski definition) is 3. The third kappa shape index (κ3) is 2.65. The van der Waals surface area contributed by atoms with Crippen LogP contribution in [-0.2, 0) is 0 Å². The molecule has 2 aliphatic rings. The topological polar surface area (TPSA) is 15.3 Å². The Morgan fingerprint density at radius 3 is 2.50 bits per heavy atom. The number of nitrogens with zero attached hydrogens (tertiary/aromatic N) is 1. The molecule has 0 bridgehead atoms. The first kappa shape index (κ1) is 10.8. The van der Waals surface area contributed by atoms with Crippen molar-refractivity contribution in [1.82, 2.24) is 10.2 Å². The lowest BCUT2D eigenvalue weighted by Gasteiger charge is -2.32. The molecule has 14 heavy (non-hydrogen) atoms. The number of hydrogen-bond donors (Lipinski definition) is 1. The van der Waals surface area contributed by atoms with Crippen LogP contribution >= 0.6 is 11.8 Å².